The van der Waals surface area contributed by atoms with Crippen LogP contribution in [0.15, 0.2) is 41.3 Å². The standard InChI is InChI=1S/C25H29F3N4O5S/c26-15-24-5-7-31(14-16(24)11-24)21-10-17(30-38(36,37)9-8-33)3-4-19(21)22(34)29-20-2-1-6-32(23(20)35)18-12-25(27,28)13-18/h1-4,6,10,16,18,30,33H,5,7-9,11-15H2,(H,29,34)/t16-,24-/m1/s1. The summed E-state index contributed by atoms with van der Waals surface area (Å²) in [6.45, 7) is -0.0192. The Morgan fingerprint density at radius 1 is 1.18 bits per heavy atom. The fourth-order valence-corrected chi connectivity index (χ4v) is 6.30. The molecule has 38 heavy (non-hydrogen) atoms. The number of pyridine rings is 1. The van der Waals surface area contributed by atoms with E-state index in [4.69, 9.17) is 5.11 Å². The van der Waals surface area contributed by atoms with Crippen LogP contribution in [0, 0.1) is 11.3 Å². The molecule has 0 bridgehead atoms. The first-order valence-corrected chi connectivity index (χ1v) is 14.1. The van der Waals surface area contributed by atoms with Gasteiger partial charge in [0.05, 0.1) is 36.0 Å². The number of aliphatic hydroxyl groups excluding tert-OH is 1. The molecule has 1 amide bonds. The van der Waals surface area contributed by atoms with Gasteiger partial charge in [-0.25, -0.2) is 17.2 Å². The van der Waals surface area contributed by atoms with Crippen molar-refractivity contribution in [3.05, 3.63) is 52.4 Å². The smallest absolute Gasteiger partial charge is 0.274 e. The highest BCUT2D eigenvalue weighted by Crippen LogP contribution is 2.58. The number of hydrogen-bond acceptors (Lipinski definition) is 6. The van der Waals surface area contributed by atoms with Gasteiger partial charge in [-0.05, 0) is 49.1 Å². The van der Waals surface area contributed by atoms with Crippen molar-refractivity contribution < 1.29 is 31.5 Å². The topological polar surface area (TPSA) is 121 Å². The largest absolute Gasteiger partial charge is 0.395 e. The van der Waals surface area contributed by atoms with E-state index in [0.29, 0.717) is 25.2 Å². The lowest BCUT2D eigenvalue weighted by atomic mass is 9.88. The second kappa shape index (κ2) is 9.60. The molecule has 3 fully saturated rings. The lowest BCUT2D eigenvalue weighted by Crippen LogP contribution is -2.41. The molecule has 206 valence electrons. The number of hydrogen-bond donors (Lipinski definition) is 3. The van der Waals surface area contributed by atoms with E-state index in [2.05, 4.69) is 10.0 Å². The fourth-order valence-electron chi connectivity index (χ4n) is 5.47. The number of amides is 1. The van der Waals surface area contributed by atoms with Crippen LogP contribution in [0.2, 0.25) is 0 Å². The van der Waals surface area contributed by atoms with Crippen LogP contribution in [0.25, 0.3) is 0 Å². The number of benzene rings is 1. The lowest BCUT2D eigenvalue weighted by Gasteiger charge is -2.36. The van der Waals surface area contributed by atoms with Gasteiger partial charge in [-0.15, -0.1) is 0 Å². The van der Waals surface area contributed by atoms with E-state index < -0.39 is 65.3 Å². The number of halogens is 3. The van der Waals surface area contributed by atoms with E-state index in [1.165, 1.54) is 41.1 Å². The number of fused-ring (bicyclic) bond motifs is 1. The molecule has 5 rings (SSSR count). The van der Waals surface area contributed by atoms with Gasteiger partial charge in [0, 0.05) is 43.6 Å². The Morgan fingerprint density at radius 3 is 2.61 bits per heavy atom. The predicted molar refractivity (Wildman–Crippen MR) is 136 cm³/mol. The van der Waals surface area contributed by atoms with Crippen LogP contribution in [0.3, 0.4) is 0 Å². The first-order chi connectivity index (χ1) is 18.0. The van der Waals surface area contributed by atoms with Crippen molar-refractivity contribution in [3.63, 3.8) is 0 Å². The number of piperidine rings is 1. The summed E-state index contributed by atoms with van der Waals surface area (Å²) in [5.41, 5.74) is -0.207. The molecule has 0 unspecified atom stereocenters. The highest BCUT2D eigenvalue weighted by Gasteiger charge is 2.56. The van der Waals surface area contributed by atoms with Crippen LogP contribution in [-0.4, -0.2) is 62.0 Å². The molecular weight excluding hydrogens is 525 g/mol. The van der Waals surface area contributed by atoms with Gasteiger partial charge >= 0.3 is 0 Å². The number of aliphatic hydroxyl groups is 1. The van der Waals surface area contributed by atoms with Gasteiger partial charge < -0.3 is 19.9 Å². The lowest BCUT2D eigenvalue weighted by molar-refractivity contribution is -0.104. The minimum atomic E-state index is -3.82. The molecule has 2 aromatic rings. The number of carbonyl (C=O) groups excluding carboxylic acids is 1. The summed E-state index contributed by atoms with van der Waals surface area (Å²) in [5, 5.41) is 11.6. The van der Waals surface area contributed by atoms with Gasteiger partial charge in [0.15, 0.2) is 0 Å². The molecule has 3 N–H and O–H groups in total. The molecule has 2 atom stereocenters. The number of alkyl halides is 3. The molecule has 3 aliphatic rings. The van der Waals surface area contributed by atoms with Crippen LogP contribution in [0.5, 0.6) is 0 Å². The number of carbonyl (C=O) groups is 1. The van der Waals surface area contributed by atoms with Gasteiger partial charge in [0.1, 0.15) is 5.69 Å². The SMILES string of the molecule is O=C(Nc1cccn(C2CC(F)(F)C2)c1=O)c1ccc(NS(=O)(=O)CCO)cc1N1CC[C@]2(CF)C[C@@H]2C1. The maximum absolute atomic E-state index is 13.6. The van der Waals surface area contributed by atoms with Gasteiger partial charge in [-0.3, -0.25) is 18.7 Å². The van der Waals surface area contributed by atoms with Crippen LogP contribution >= 0.6 is 0 Å². The first-order valence-electron chi connectivity index (χ1n) is 12.4. The molecule has 2 heterocycles. The summed E-state index contributed by atoms with van der Waals surface area (Å²) in [5.74, 6) is -3.82. The molecular formula is C25H29F3N4O5S. The first kappa shape index (κ1) is 26.5. The third-order valence-electron chi connectivity index (χ3n) is 7.85. The number of nitrogens with one attached hydrogen (secondary N) is 2. The minimum absolute atomic E-state index is 0.0660. The van der Waals surface area contributed by atoms with E-state index in [1.54, 1.807) is 0 Å². The highest BCUT2D eigenvalue weighted by molar-refractivity contribution is 7.92. The Bertz CT molecular complexity index is 1410. The van der Waals surface area contributed by atoms with Crippen molar-refractivity contribution in [2.24, 2.45) is 11.3 Å². The van der Waals surface area contributed by atoms with Gasteiger partial charge in [0.2, 0.25) is 10.0 Å². The summed E-state index contributed by atoms with van der Waals surface area (Å²) in [4.78, 5) is 28.2. The maximum atomic E-state index is 13.6. The third-order valence-corrected chi connectivity index (χ3v) is 9.11. The van der Waals surface area contributed by atoms with E-state index in [1.807, 2.05) is 4.90 Å². The van der Waals surface area contributed by atoms with E-state index in [-0.39, 0.29) is 28.3 Å². The van der Waals surface area contributed by atoms with Crippen LogP contribution in [-0.2, 0) is 10.0 Å². The number of sulfonamides is 1. The molecule has 9 nitrogen and oxygen atoms in total. The molecule has 2 saturated carbocycles. The average molecular weight is 555 g/mol. The minimum Gasteiger partial charge on any atom is -0.395 e. The van der Waals surface area contributed by atoms with Gasteiger partial charge in [0.25, 0.3) is 17.4 Å². The Labute approximate surface area is 217 Å². The second-order valence-electron chi connectivity index (χ2n) is 10.5. The Balaban J connectivity index is 1.42. The monoisotopic (exact) mass is 554 g/mol. The van der Waals surface area contributed by atoms with Crippen molar-refractivity contribution in [2.45, 2.75) is 37.6 Å². The van der Waals surface area contributed by atoms with Gasteiger partial charge in [-0.2, -0.15) is 0 Å². The van der Waals surface area contributed by atoms with Crippen molar-refractivity contribution in [3.8, 4) is 0 Å². The molecule has 2 aliphatic carbocycles. The second-order valence-corrected chi connectivity index (χ2v) is 12.3. The Hall–Kier alpha value is -3.06. The third kappa shape index (κ3) is 5.13. The zero-order valence-corrected chi connectivity index (χ0v) is 21.3. The average Bonchev–Trinajstić information content (AvgIpc) is 3.58. The van der Waals surface area contributed by atoms with Crippen LogP contribution in [0.4, 0.5) is 30.2 Å². The zero-order chi connectivity index (χ0) is 27.3. The zero-order valence-electron chi connectivity index (χ0n) is 20.5. The van der Waals surface area contributed by atoms with Crippen molar-refractivity contribution in [1.29, 1.82) is 0 Å². The van der Waals surface area contributed by atoms with E-state index in [0.717, 1.165) is 6.42 Å². The van der Waals surface area contributed by atoms with Crippen molar-refractivity contribution in [1.82, 2.24) is 4.57 Å². The molecule has 1 aromatic carbocycles. The fraction of sp³-hybridized carbons (Fsp3) is 0.520. The summed E-state index contributed by atoms with van der Waals surface area (Å²) < 4.78 is 68.2. The quantitative estimate of drug-likeness (QED) is 0.438. The molecule has 0 spiro atoms. The number of nitrogens with zero attached hydrogens (tertiary/aromatic N) is 2. The number of rotatable bonds is 9. The Morgan fingerprint density at radius 2 is 1.95 bits per heavy atom. The maximum Gasteiger partial charge on any atom is 0.274 e. The van der Waals surface area contributed by atoms with Crippen molar-refractivity contribution in [2.75, 3.05) is 47.1 Å². The molecule has 13 heteroatoms. The normalized spacial score (nSPS) is 24.3. The highest BCUT2D eigenvalue weighted by atomic mass is 32.2. The van der Waals surface area contributed by atoms with Crippen LogP contribution in [0.1, 0.15) is 42.1 Å². The summed E-state index contributed by atoms with van der Waals surface area (Å²) in [6, 6.07) is 6.58. The van der Waals surface area contributed by atoms with E-state index >= 15 is 0 Å². The number of anilines is 3. The van der Waals surface area contributed by atoms with Crippen molar-refractivity contribution >= 4 is 33.0 Å². The summed E-state index contributed by atoms with van der Waals surface area (Å²) in [7, 11) is -3.82. The molecule has 1 aromatic heterocycles. The van der Waals surface area contributed by atoms with Gasteiger partial charge in [-0.1, -0.05) is 0 Å². The van der Waals surface area contributed by atoms with E-state index in [9.17, 15) is 31.2 Å². The Kier molecular flexibility index (Phi) is 6.70. The summed E-state index contributed by atoms with van der Waals surface area (Å²) in [6.07, 6.45) is 1.85. The summed E-state index contributed by atoms with van der Waals surface area (Å²) >= 11 is 0. The number of aromatic nitrogens is 1. The molecule has 1 aliphatic heterocycles. The predicted octanol–water partition coefficient (Wildman–Crippen LogP) is 2.99. The molecule has 0 radical (unpaired) electrons. The molecule has 1 saturated heterocycles. The van der Waals surface area contributed by atoms with Crippen LogP contribution < -0.4 is 20.5 Å².